The third kappa shape index (κ3) is 2.80. The van der Waals surface area contributed by atoms with Gasteiger partial charge in [-0.2, -0.15) is 5.10 Å². The molecule has 26 heavy (non-hydrogen) atoms. The van der Waals surface area contributed by atoms with E-state index in [1.165, 1.54) is 17.1 Å². The molecular weight excluding hydrogens is 337 g/mol. The summed E-state index contributed by atoms with van der Waals surface area (Å²) in [6, 6.07) is 9.81. The lowest BCUT2D eigenvalue weighted by Gasteiger charge is -2.29. The van der Waals surface area contributed by atoms with Crippen molar-refractivity contribution in [1.29, 1.82) is 0 Å². The predicted molar refractivity (Wildman–Crippen MR) is 93.3 cm³/mol. The second-order valence-corrected chi connectivity index (χ2v) is 5.85. The Morgan fingerprint density at radius 1 is 1.12 bits per heavy atom. The molecule has 0 saturated carbocycles. The summed E-state index contributed by atoms with van der Waals surface area (Å²) in [4.78, 5) is 15.9. The Bertz CT molecular complexity index is 940. The molecule has 4 rings (SSSR count). The van der Waals surface area contributed by atoms with Gasteiger partial charge in [-0.05, 0) is 42.0 Å². The van der Waals surface area contributed by atoms with Gasteiger partial charge in [0.15, 0.2) is 5.82 Å². The van der Waals surface area contributed by atoms with Gasteiger partial charge in [-0.3, -0.25) is 20.2 Å². The SMILES string of the molecule is O=C(CO)N1CCn2nc(-c3ccc(F)cc3)c(-c3ccncc3)c2N1. The number of hydrazine groups is 1. The first kappa shape index (κ1) is 16.2. The van der Waals surface area contributed by atoms with Crippen LogP contribution in [0.3, 0.4) is 0 Å². The highest BCUT2D eigenvalue weighted by molar-refractivity contribution is 5.90. The molecule has 0 unspecified atom stereocenters. The number of carbonyl (C=O) groups is 1. The summed E-state index contributed by atoms with van der Waals surface area (Å²) in [5.41, 5.74) is 6.14. The lowest BCUT2D eigenvalue weighted by atomic mass is 10.0. The summed E-state index contributed by atoms with van der Waals surface area (Å²) in [7, 11) is 0. The molecule has 0 aliphatic carbocycles. The van der Waals surface area contributed by atoms with Crippen molar-refractivity contribution in [3.8, 4) is 22.4 Å². The molecule has 1 amide bonds. The quantitative estimate of drug-likeness (QED) is 0.752. The first-order valence-electron chi connectivity index (χ1n) is 8.12. The number of hydrogen-bond donors (Lipinski definition) is 2. The van der Waals surface area contributed by atoms with E-state index in [1.54, 1.807) is 29.2 Å². The molecule has 0 bridgehead atoms. The second-order valence-electron chi connectivity index (χ2n) is 5.85. The smallest absolute Gasteiger partial charge is 0.266 e. The highest BCUT2D eigenvalue weighted by Crippen LogP contribution is 2.38. The third-order valence-electron chi connectivity index (χ3n) is 4.25. The van der Waals surface area contributed by atoms with Crippen LogP contribution in [0.15, 0.2) is 48.8 Å². The van der Waals surface area contributed by atoms with Gasteiger partial charge in [0.2, 0.25) is 0 Å². The Hall–Kier alpha value is -3.26. The van der Waals surface area contributed by atoms with E-state index >= 15 is 0 Å². The van der Waals surface area contributed by atoms with Gasteiger partial charge in [0.1, 0.15) is 18.1 Å². The topological polar surface area (TPSA) is 83.3 Å². The number of nitrogens with one attached hydrogen (secondary N) is 1. The van der Waals surface area contributed by atoms with Crippen molar-refractivity contribution in [2.45, 2.75) is 6.54 Å². The molecule has 2 N–H and O–H groups in total. The van der Waals surface area contributed by atoms with Crippen LogP contribution in [0.5, 0.6) is 0 Å². The van der Waals surface area contributed by atoms with Gasteiger partial charge in [-0.15, -0.1) is 0 Å². The van der Waals surface area contributed by atoms with Gasteiger partial charge in [-0.25, -0.2) is 9.07 Å². The number of aromatic nitrogens is 3. The summed E-state index contributed by atoms with van der Waals surface area (Å²) in [5, 5.41) is 15.2. The first-order valence-corrected chi connectivity index (χ1v) is 8.12. The average molecular weight is 353 g/mol. The van der Waals surface area contributed by atoms with Crippen LogP contribution in [0.2, 0.25) is 0 Å². The summed E-state index contributed by atoms with van der Waals surface area (Å²) in [5.74, 6) is -0.0916. The lowest BCUT2D eigenvalue weighted by Crippen LogP contribution is -2.44. The monoisotopic (exact) mass is 353 g/mol. The summed E-state index contributed by atoms with van der Waals surface area (Å²) in [6.45, 7) is 0.288. The zero-order valence-electron chi connectivity index (χ0n) is 13.8. The lowest BCUT2D eigenvalue weighted by molar-refractivity contribution is -0.133. The zero-order valence-corrected chi connectivity index (χ0v) is 13.8. The first-order chi connectivity index (χ1) is 12.7. The molecular formula is C18H16FN5O2. The minimum absolute atomic E-state index is 0.318. The van der Waals surface area contributed by atoms with E-state index in [-0.39, 0.29) is 5.82 Å². The molecule has 2 aromatic heterocycles. The Kier molecular flexibility index (Phi) is 4.10. The molecule has 0 radical (unpaired) electrons. The summed E-state index contributed by atoms with van der Waals surface area (Å²) in [6.07, 6.45) is 3.35. The van der Waals surface area contributed by atoms with Crippen LogP contribution in [0, 0.1) is 5.82 Å². The molecule has 0 fully saturated rings. The maximum Gasteiger partial charge on any atom is 0.266 e. The molecule has 8 heteroatoms. The fourth-order valence-corrected chi connectivity index (χ4v) is 2.99. The number of nitrogens with zero attached hydrogens (tertiary/aromatic N) is 4. The van der Waals surface area contributed by atoms with Gasteiger partial charge in [0.25, 0.3) is 5.91 Å². The van der Waals surface area contributed by atoms with Crippen molar-refractivity contribution in [3.05, 3.63) is 54.6 Å². The number of benzene rings is 1. The molecule has 132 valence electrons. The minimum atomic E-state index is -0.573. The van der Waals surface area contributed by atoms with Crippen LogP contribution in [-0.2, 0) is 11.3 Å². The van der Waals surface area contributed by atoms with Crippen LogP contribution in [0.25, 0.3) is 22.4 Å². The fourth-order valence-electron chi connectivity index (χ4n) is 2.99. The molecule has 1 aromatic carbocycles. The Morgan fingerprint density at radius 2 is 1.85 bits per heavy atom. The molecule has 1 aliphatic rings. The summed E-state index contributed by atoms with van der Waals surface area (Å²) < 4.78 is 15.1. The van der Waals surface area contributed by atoms with Crippen molar-refractivity contribution >= 4 is 11.7 Å². The average Bonchev–Trinajstić information content (AvgIpc) is 3.07. The number of carbonyl (C=O) groups excluding carboxylic acids is 1. The Morgan fingerprint density at radius 3 is 2.54 bits per heavy atom. The van der Waals surface area contributed by atoms with Crippen LogP contribution in [0.1, 0.15) is 0 Å². The van der Waals surface area contributed by atoms with Gasteiger partial charge in [0, 0.05) is 18.0 Å². The maximum absolute atomic E-state index is 13.3. The van der Waals surface area contributed by atoms with Crippen LogP contribution in [-0.4, -0.2) is 43.9 Å². The predicted octanol–water partition coefficient (Wildman–Crippen LogP) is 1.91. The zero-order chi connectivity index (χ0) is 18.1. The number of hydrogen-bond acceptors (Lipinski definition) is 5. The molecule has 3 aromatic rings. The second kappa shape index (κ2) is 6.57. The van der Waals surface area contributed by atoms with Crippen molar-refractivity contribution in [2.75, 3.05) is 18.6 Å². The molecule has 0 saturated heterocycles. The number of pyridine rings is 1. The molecule has 7 nitrogen and oxygen atoms in total. The van der Waals surface area contributed by atoms with Gasteiger partial charge in [-0.1, -0.05) is 0 Å². The normalized spacial score (nSPS) is 13.2. The molecule has 1 aliphatic heterocycles. The van der Waals surface area contributed by atoms with Crippen molar-refractivity contribution in [2.24, 2.45) is 0 Å². The van der Waals surface area contributed by atoms with Crippen LogP contribution < -0.4 is 5.43 Å². The summed E-state index contributed by atoms with van der Waals surface area (Å²) >= 11 is 0. The van der Waals surface area contributed by atoms with Gasteiger partial charge >= 0.3 is 0 Å². The van der Waals surface area contributed by atoms with Crippen molar-refractivity contribution < 1.29 is 14.3 Å². The largest absolute Gasteiger partial charge is 0.386 e. The van der Waals surface area contributed by atoms with Crippen molar-refractivity contribution in [1.82, 2.24) is 19.8 Å². The number of aliphatic hydroxyl groups is 1. The van der Waals surface area contributed by atoms with E-state index in [0.29, 0.717) is 24.6 Å². The van der Waals surface area contributed by atoms with Crippen LogP contribution in [0.4, 0.5) is 10.2 Å². The Labute approximate surface area is 148 Å². The van der Waals surface area contributed by atoms with Crippen molar-refractivity contribution in [3.63, 3.8) is 0 Å². The van der Waals surface area contributed by atoms with Gasteiger partial charge in [0.05, 0.1) is 18.7 Å². The van der Waals surface area contributed by atoms with E-state index in [0.717, 1.165) is 16.7 Å². The number of rotatable bonds is 3. The van der Waals surface area contributed by atoms with Crippen LogP contribution >= 0.6 is 0 Å². The maximum atomic E-state index is 13.3. The van der Waals surface area contributed by atoms with E-state index in [4.69, 9.17) is 5.11 Å². The van der Waals surface area contributed by atoms with E-state index in [9.17, 15) is 9.18 Å². The minimum Gasteiger partial charge on any atom is -0.386 e. The third-order valence-corrected chi connectivity index (χ3v) is 4.25. The fraction of sp³-hybridized carbons (Fsp3) is 0.167. The Balaban J connectivity index is 1.87. The highest BCUT2D eigenvalue weighted by Gasteiger charge is 2.27. The molecule has 3 heterocycles. The number of amides is 1. The number of halogens is 1. The van der Waals surface area contributed by atoms with Gasteiger partial charge < -0.3 is 5.11 Å². The number of fused-ring (bicyclic) bond motifs is 1. The van der Waals surface area contributed by atoms with E-state index in [1.807, 2.05) is 12.1 Å². The van der Waals surface area contributed by atoms with E-state index in [2.05, 4.69) is 15.5 Å². The number of anilines is 1. The molecule has 0 spiro atoms. The van der Waals surface area contributed by atoms with E-state index < -0.39 is 12.5 Å². The molecule has 0 atom stereocenters. The highest BCUT2D eigenvalue weighted by atomic mass is 19.1. The number of aliphatic hydroxyl groups excluding tert-OH is 1. The standard InChI is InChI=1S/C18H16FN5O2/c19-14-3-1-13(2-4-14)17-16(12-5-7-20-8-6-12)18-22-23(15(26)11-25)9-10-24(18)21-17/h1-8,22,25H,9-11H2.